The number of carbonyl (C=O) groups is 4. The van der Waals surface area contributed by atoms with Crippen LogP contribution < -0.4 is 22.1 Å². The van der Waals surface area contributed by atoms with Crippen LogP contribution in [0.5, 0.6) is 0 Å². The zero-order valence-electron chi connectivity index (χ0n) is 21.0. The molecule has 2 aromatic rings. The molecule has 210 valence electrons. The molecule has 1 unspecified atom stereocenters. The maximum absolute atomic E-state index is 13.2. The van der Waals surface area contributed by atoms with Crippen LogP contribution in [0.3, 0.4) is 0 Å². The molecular weight excluding hydrogens is 567 g/mol. The lowest BCUT2D eigenvalue weighted by Crippen LogP contribution is -2.47. The third-order valence-corrected chi connectivity index (χ3v) is 7.26. The molecule has 0 aromatic heterocycles. The van der Waals surface area contributed by atoms with Crippen molar-refractivity contribution in [1.29, 1.82) is 0 Å². The third-order valence-electron chi connectivity index (χ3n) is 5.65. The number of halogens is 2. The van der Waals surface area contributed by atoms with E-state index in [2.05, 4.69) is 10.6 Å². The number of urea groups is 1. The highest BCUT2D eigenvalue weighted by atomic mass is 35.5. The van der Waals surface area contributed by atoms with E-state index >= 15 is 0 Å². The van der Waals surface area contributed by atoms with Gasteiger partial charge in [0.25, 0.3) is 5.91 Å². The van der Waals surface area contributed by atoms with Gasteiger partial charge in [0.2, 0.25) is 5.91 Å². The van der Waals surface area contributed by atoms with Gasteiger partial charge in [0, 0.05) is 27.6 Å². The van der Waals surface area contributed by atoms with Crippen molar-refractivity contribution in [1.82, 2.24) is 19.8 Å². The highest BCUT2D eigenvalue weighted by Gasteiger charge is 2.40. The number of hydrogen-bond acceptors (Lipinski definition) is 8. The molecule has 1 saturated heterocycles. The predicted octanol–water partition coefficient (Wildman–Crippen LogP) is 2.67. The van der Waals surface area contributed by atoms with Gasteiger partial charge in [-0.3, -0.25) is 23.6 Å². The van der Waals surface area contributed by atoms with E-state index < -0.39 is 48.6 Å². The van der Waals surface area contributed by atoms with Crippen molar-refractivity contribution in [2.24, 2.45) is 11.5 Å². The molecule has 1 fully saturated rings. The van der Waals surface area contributed by atoms with Crippen molar-refractivity contribution in [3.05, 3.63) is 69.7 Å². The van der Waals surface area contributed by atoms with Crippen LogP contribution in [0.15, 0.2) is 48.5 Å². The van der Waals surface area contributed by atoms with E-state index in [0.717, 1.165) is 23.9 Å². The van der Waals surface area contributed by atoms with Gasteiger partial charge in [-0.15, -0.1) is 0 Å². The molecule has 0 bridgehead atoms. The van der Waals surface area contributed by atoms with Crippen molar-refractivity contribution in [2.75, 3.05) is 19.8 Å². The molecule has 6 N–H and O–H groups in total. The molecule has 39 heavy (non-hydrogen) atoms. The summed E-state index contributed by atoms with van der Waals surface area (Å²) in [5.41, 5.74) is 11.5. The second-order valence-electron chi connectivity index (χ2n) is 8.61. The quantitative estimate of drug-likeness (QED) is 0.156. The largest absolute Gasteiger partial charge is 0.443 e. The number of amides is 4. The molecule has 3 rings (SSSR count). The first-order chi connectivity index (χ1) is 18.7. The smallest absolute Gasteiger partial charge is 0.335 e. The second kappa shape index (κ2) is 14.9. The highest BCUT2D eigenvalue weighted by Crippen LogP contribution is 2.31. The Hall–Kier alpha value is -3.03. The Labute approximate surface area is 240 Å². The van der Waals surface area contributed by atoms with Crippen LogP contribution in [0, 0.1) is 0 Å². The molecule has 0 radical (unpaired) electrons. The van der Waals surface area contributed by atoms with E-state index in [1.54, 1.807) is 48.5 Å². The number of unbranched alkanes of at least 4 members (excludes halogenated alkanes) is 1. The Kier molecular flexibility index (Phi) is 11.7. The van der Waals surface area contributed by atoms with Crippen LogP contribution in [0.25, 0.3) is 0 Å². The average Bonchev–Trinajstić information content (AvgIpc) is 3.20. The average molecular weight is 598 g/mol. The van der Waals surface area contributed by atoms with Crippen LogP contribution >= 0.6 is 35.1 Å². The lowest BCUT2D eigenvalue weighted by atomic mass is 10.1. The molecule has 1 heterocycles. The second-order valence-corrected chi connectivity index (χ2v) is 10.6. The summed E-state index contributed by atoms with van der Waals surface area (Å²) in [5.74, 6) is -1.70. The molecule has 0 spiro atoms. The molecule has 1 aliphatic heterocycles. The monoisotopic (exact) mass is 596 g/mol. The lowest BCUT2D eigenvalue weighted by Gasteiger charge is -2.22. The van der Waals surface area contributed by atoms with E-state index in [4.69, 9.17) is 39.4 Å². The van der Waals surface area contributed by atoms with Crippen molar-refractivity contribution in [3.8, 4) is 0 Å². The van der Waals surface area contributed by atoms with Gasteiger partial charge in [0.05, 0.1) is 12.6 Å². The number of esters is 1. The number of ether oxygens (including phenoxy) is 1. The van der Waals surface area contributed by atoms with Crippen molar-refractivity contribution in [3.63, 3.8) is 0 Å². The summed E-state index contributed by atoms with van der Waals surface area (Å²) in [7, 11) is 0. The molecule has 2 atom stereocenters. The number of carbonyl (C=O) groups excluding carboxylic acids is 4. The van der Waals surface area contributed by atoms with Crippen LogP contribution in [0.4, 0.5) is 4.79 Å². The van der Waals surface area contributed by atoms with Gasteiger partial charge in [-0.1, -0.05) is 41.8 Å². The van der Waals surface area contributed by atoms with Gasteiger partial charge in [-0.05, 0) is 61.3 Å². The summed E-state index contributed by atoms with van der Waals surface area (Å²) >= 11 is 12.9. The Morgan fingerprint density at radius 3 is 2.31 bits per heavy atom. The summed E-state index contributed by atoms with van der Waals surface area (Å²) in [5, 5.41) is 6.24. The summed E-state index contributed by atoms with van der Waals surface area (Å²) in [6, 6.07) is 12.0. The van der Waals surface area contributed by atoms with Crippen molar-refractivity contribution < 1.29 is 23.9 Å². The lowest BCUT2D eigenvalue weighted by molar-refractivity contribution is -0.147. The van der Waals surface area contributed by atoms with E-state index in [-0.39, 0.29) is 6.54 Å². The maximum Gasteiger partial charge on any atom is 0.335 e. The number of nitrogens with one attached hydrogen (secondary N) is 2. The van der Waals surface area contributed by atoms with E-state index in [9.17, 15) is 19.2 Å². The van der Waals surface area contributed by atoms with E-state index in [0.29, 0.717) is 35.0 Å². The fourth-order valence-electron chi connectivity index (χ4n) is 3.47. The van der Waals surface area contributed by atoms with Crippen LogP contribution in [0.2, 0.25) is 10.0 Å². The Morgan fingerprint density at radius 1 is 1.03 bits per heavy atom. The summed E-state index contributed by atoms with van der Waals surface area (Å²) in [6.07, 6.45) is 1.88. The molecule has 0 saturated carbocycles. The standard InChI is InChI=1S/C25H30Cl2N6O5S/c26-18-8-4-16(5-9-18)14-33-25(37)32(24(39-33)31-22(35)17-6-10-19(27)11-7-17)15-38-21(34)13-30-23(36)20(29)3-1-2-12-28/h4-11,20,24H,1-3,12-15,28-29H2,(H,30,36)(H,31,35)/t20-,24?/m0/s1. The van der Waals surface area contributed by atoms with Gasteiger partial charge >= 0.3 is 12.0 Å². The topological polar surface area (TPSA) is 160 Å². The van der Waals surface area contributed by atoms with Gasteiger partial charge in [0.15, 0.2) is 12.2 Å². The zero-order chi connectivity index (χ0) is 28.4. The minimum Gasteiger partial charge on any atom is -0.443 e. The summed E-state index contributed by atoms with van der Waals surface area (Å²) < 4.78 is 6.68. The molecule has 11 nitrogen and oxygen atoms in total. The van der Waals surface area contributed by atoms with Crippen LogP contribution in [-0.4, -0.2) is 64.4 Å². The number of nitrogens with two attached hydrogens (primary N) is 2. The summed E-state index contributed by atoms with van der Waals surface area (Å²) in [4.78, 5) is 51.6. The van der Waals surface area contributed by atoms with Gasteiger partial charge < -0.3 is 26.8 Å². The minimum atomic E-state index is -0.869. The zero-order valence-corrected chi connectivity index (χ0v) is 23.3. The Balaban J connectivity index is 1.61. The van der Waals surface area contributed by atoms with E-state index in [1.165, 1.54) is 9.21 Å². The fourth-order valence-corrected chi connectivity index (χ4v) is 4.81. The highest BCUT2D eigenvalue weighted by molar-refractivity contribution is 7.98. The fraction of sp³-hybridized carbons (Fsp3) is 0.360. The minimum absolute atomic E-state index is 0.219. The number of benzene rings is 2. The molecular formula is C25H30Cl2N6O5S. The summed E-state index contributed by atoms with van der Waals surface area (Å²) in [6.45, 7) is -0.149. The Morgan fingerprint density at radius 2 is 1.67 bits per heavy atom. The Bertz CT molecular complexity index is 1150. The SMILES string of the molecule is NCCCC[C@H](N)C(=O)NCC(=O)OCN1C(=O)N(Cc2ccc(Cl)cc2)SC1NC(=O)c1ccc(Cl)cc1. The maximum atomic E-state index is 13.2. The van der Waals surface area contributed by atoms with Gasteiger partial charge in [0.1, 0.15) is 6.54 Å². The number of rotatable bonds is 13. The predicted molar refractivity (Wildman–Crippen MR) is 149 cm³/mol. The molecule has 4 amide bonds. The number of nitrogens with zero attached hydrogens (tertiary/aromatic N) is 2. The molecule has 14 heteroatoms. The van der Waals surface area contributed by atoms with Crippen molar-refractivity contribution in [2.45, 2.75) is 37.3 Å². The van der Waals surface area contributed by atoms with Crippen LogP contribution in [-0.2, 0) is 20.9 Å². The van der Waals surface area contributed by atoms with Crippen molar-refractivity contribution >= 4 is 59.0 Å². The first kappa shape index (κ1) is 30.5. The van der Waals surface area contributed by atoms with Gasteiger partial charge in [-0.2, -0.15) is 0 Å². The van der Waals surface area contributed by atoms with E-state index in [1.807, 2.05) is 0 Å². The van der Waals surface area contributed by atoms with Crippen LogP contribution in [0.1, 0.15) is 35.2 Å². The number of hydrogen-bond donors (Lipinski definition) is 4. The first-order valence-corrected chi connectivity index (χ1v) is 13.7. The molecule has 1 aliphatic rings. The first-order valence-electron chi connectivity index (χ1n) is 12.1. The molecule has 0 aliphatic carbocycles. The van der Waals surface area contributed by atoms with Gasteiger partial charge in [-0.25, -0.2) is 4.79 Å². The molecule has 2 aromatic carbocycles. The third kappa shape index (κ3) is 9.29. The normalized spacial score (nSPS) is 15.7.